The Kier molecular flexibility index (Phi) is 1.90. The average molecular weight is 205 g/mol. The van der Waals surface area contributed by atoms with Crippen LogP contribution in [0.1, 0.15) is 11.5 Å². The van der Waals surface area contributed by atoms with E-state index in [1.54, 1.807) is 0 Å². The minimum atomic E-state index is -4.31. The third-order valence-corrected chi connectivity index (χ3v) is 2.28. The molecule has 0 aromatic heterocycles. The maximum atomic E-state index is 12.7. The van der Waals surface area contributed by atoms with Gasteiger partial charge in [-0.25, -0.2) is 4.39 Å². The van der Waals surface area contributed by atoms with Crippen molar-refractivity contribution in [3.8, 4) is 0 Å². The molecule has 1 N–H and O–H groups in total. The molecule has 2 rings (SSSR count). The van der Waals surface area contributed by atoms with Gasteiger partial charge in [-0.2, -0.15) is 13.2 Å². The van der Waals surface area contributed by atoms with Gasteiger partial charge in [0.05, 0.1) is 5.92 Å². The van der Waals surface area contributed by atoms with E-state index in [1.165, 1.54) is 6.07 Å². The van der Waals surface area contributed by atoms with Crippen LogP contribution in [0.3, 0.4) is 0 Å². The van der Waals surface area contributed by atoms with Gasteiger partial charge in [-0.3, -0.25) is 0 Å². The van der Waals surface area contributed by atoms with E-state index in [9.17, 15) is 17.6 Å². The van der Waals surface area contributed by atoms with Crippen molar-refractivity contribution in [1.29, 1.82) is 0 Å². The summed E-state index contributed by atoms with van der Waals surface area (Å²) in [6, 6.07) is 3.41. The first-order valence-corrected chi connectivity index (χ1v) is 4.08. The minimum absolute atomic E-state index is 0.00231. The maximum Gasteiger partial charge on any atom is 0.397 e. The van der Waals surface area contributed by atoms with E-state index in [-0.39, 0.29) is 12.1 Å². The molecule has 0 saturated heterocycles. The standard InChI is InChI=1S/C9H7F4N/c10-5-1-2-8-6(3-5)7(4-14-8)9(11,12)13/h1-3,7,14H,4H2/t7-/m0/s1. The summed E-state index contributed by atoms with van der Waals surface area (Å²) in [5.41, 5.74) is 0.367. The van der Waals surface area contributed by atoms with Crippen LogP contribution in [0.15, 0.2) is 18.2 Å². The van der Waals surface area contributed by atoms with E-state index in [2.05, 4.69) is 5.32 Å². The predicted octanol–water partition coefficient (Wildman–Crippen LogP) is 2.90. The first-order valence-electron chi connectivity index (χ1n) is 4.08. The number of anilines is 1. The summed E-state index contributed by atoms with van der Waals surface area (Å²) >= 11 is 0. The Labute approximate surface area is 77.7 Å². The molecule has 0 unspecified atom stereocenters. The van der Waals surface area contributed by atoms with E-state index in [0.29, 0.717) is 5.69 Å². The zero-order valence-electron chi connectivity index (χ0n) is 7.03. The minimum Gasteiger partial charge on any atom is -0.384 e. The molecule has 0 aliphatic carbocycles. The molecule has 0 saturated carbocycles. The predicted molar refractivity (Wildman–Crippen MR) is 43.7 cm³/mol. The molecule has 0 spiro atoms. The number of hydrogen-bond donors (Lipinski definition) is 1. The van der Waals surface area contributed by atoms with Gasteiger partial charge in [0, 0.05) is 12.2 Å². The number of rotatable bonds is 0. The quantitative estimate of drug-likeness (QED) is 0.642. The molecule has 1 aliphatic rings. The summed E-state index contributed by atoms with van der Waals surface area (Å²) in [6.45, 7) is -0.206. The molecule has 14 heavy (non-hydrogen) atoms. The van der Waals surface area contributed by atoms with Gasteiger partial charge in [0.2, 0.25) is 0 Å². The second-order valence-corrected chi connectivity index (χ2v) is 3.21. The molecule has 0 fully saturated rings. The van der Waals surface area contributed by atoms with Crippen LogP contribution in [0.4, 0.5) is 23.2 Å². The Morgan fingerprint density at radius 1 is 1.29 bits per heavy atom. The maximum absolute atomic E-state index is 12.7. The highest BCUT2D eigenvalue weighted by Crippen LogP contribution is 2.42. The highest BCUT2D eigenvalue weighted by Gasteiger charge is 2.44. The van der Waals surface area contributed by atoms with Crippen molar-refractivity contribution in [2.75, 3.05) is 11.9 Å². The summed E-state index contributed by atoms with van der Waals surface area (Å²) in [4.78, 5) is 0. The summed E-state index contributed by atoms with van der Waals surface area (Å²) < 4.78 is 50.0. The molecule has 0 radical (unpaired) electrons. The van der Waals surface area contributed by atoms with Crippen molar-refractivity contribution in [1.82, 2.24) is 0 Å². The highest BCUT2D eigenvalue weighted by molar-refractivity contribution is 5.58. The number of benzene rings is 1. The summed E-state index contributed by atoms with van der Waals surface area (Å²) in [7, 11) is 0. The van der Waals surface area contributed by atoms with Gasteiger partial charge in [-0.05, 0) is 23.8 Å². The number of nitrogens with one attached hydrogen (secondary N) is 1. The van der Waals surface area contributed by atoms with Crippen LogP contribution < -0.4 is 5.32 Å². The lowest BCUT2D eigenvalue weighted by Gasteiger charge is -2.13. The normalized spacial score (nSPS) is 20.4. The van der Waals surface area contributed by atoms with Gasteiger partial charge in [0.15, 0.2) is 0 Å². The van der Waals surface area contributed by atoms with Crippen molar-refractivity contribution >= 4 is 5.69 Å². The molecule has 0 bridgehead atoms. The van der Waals surface area contributed by atoms with Crippen LogP contribution in [0.2, 0.25) is 0 Å². The highest BCUT2D eigenvalue weighted by atomic mass is 19.4. The van der Waals surface area contributed by atoms with E-state index < -0.39 is 17.9 Å². The lowest BCUT2D eigenvalue weighted by molar-refractivity contribution is -0.145. The van der Waals surface area contributed by atoms with E-state index >= 15 is 0 Å². The van der Waals surface area contributed by atoms with Crippen LogP contribution in [-0.4, -0.2) is 12.7 Å². The molecule has 1 heterocycles. The van der Waals surface area contributed by atoms with Crippen molar-refractivity contribution in [2.45, 2.75) is 12.1 Å². The van der Waals surface area contributed by atoms with Crippen LogP contribution in [0, 0.1) is 5.82 Å². The topological polar surface area (TPSA) is 12.0 Å². The van der Waals surface area contributed by atoms with Crippen molar-refractivity contribution in [2.24, 2.45) is 0 Å². The van der Waals surface area contributed by atoms with Gasteiger partial charge >= 0.3 is 6.18 Å². The summed E-state index contributed by atoms with van der Waals surface area (Å²) in [5.74, 6) is -2.23. The smallest absolute Gasteiger partial charge is 0.384 e. The largest absolute Gasteiger partial charge is 0.397 e. The number of halogens is 4. The fourth-order valence-corrected chi connectivity index (χ4v) is 1.60. The third kappa shape index (κ3) is 1.42. The van der Waals surface area contributed by atoms with Crippen molar-refractivity contribution in [3.63, 3.8) is 0 Å². The van der Waals surface area contributed by atoms with E-state index in [4.69, 9.17) is 0 Å². The van der Waals surface area contributed by atoms with Gasteiger partial charge in [-0.15, -0.1) is 0 Å². The second-order valence-electron chi connectivity index (χ2n) is 3.21. The van der Waals surface area contributed by atoms with Gasteiger partial charge in [-0.1, -0.05) is 0 Å². The Morgan fingerprint density at radius 3 is 2.64 bits per heavy atom. The molecule has 1 aromatic rings. The van der Waals surface area contributed by atoms with Crippen LogP contribution in [0.5, 0.6) is 0 Å². The van der Waals surface area contributed by atoms with E-state index in [0.717, 1.165) is 12.1 Å². The molecule has 1 aromatic carbocycles. The molecule has 1 atom stereocenters. The monoisotopic (exact) mass is 205 g/mol. The van der Waals surface area contributed by atoms with Crippen molar-refractivity contribution < 1.29 is 17.6 Å². The summed E-state index contributed by atoms with van der Waals surface area (Å²) in [6.07, 6.45) is -4.31. The number of alkyl halides is 3. The first kappa shape index (κ1) is 9.30. The van der Waals surface area contributed by atoms with Crippen LogP contribution in [0.25, 0.3) is 0 Å². The lowest BCUT2D eigenvalue weighted by atomic mass is 10.0. The van der Waals surface area contributed by atoms with Crippen LogP contribution in [-0.2, 0) is 0 Å². The van der Waals surface area contributed by atoms with E-state index in [1.807, 2.05) is 0 Å². The second kappa shape index (κ2) is 2.87. The van der Waals surface area contributed by atoms with Gasteiger partial charge < -0.3 is 5.32 Å². The molecule has 76 valence electrons. The molecule has 1 aliphatic heterocycles. The fourth-order valence-electron chi connectivity index (χ4n) is 1.60. The molecule has 1 nitrogen and oxygen atoms in total. The molecule has 5 heteroatoms. The Hall–Kier alpha value is -1.26. The van der Waals surface area contributed by atoms with Crippen LogP contribution >= 0.6 is 0 Å². The molecular weight excluding hydrogens is 198 g/mol. The average Bonchev–Trinajstić information content (AvgIpc) is 2.45. The zero-order valence-corrected chi connectivity index (χ0v) is 7.03. The zero-order chi connectivity index (χ0) is 10.3. The van der Waals surface area contributed by atoms with Crippen molar-refractivity contribution in [3.05, 3.63) is 29.6 Å². The summed E-state index contributed by atoms with van der Waals surface area (Å²) in [5, 5.41) is 2.60. The Bertz CT molecular complexity index is 358. The Balaban J connectivity index is 2.43. The Morgan fingerprint density at radius 2 is 2.00 bits per heavy atom. The SMILES string of the molecule is Fc1ccc2c(c1)[C@@H](C(F)(F)F)CN2. The van der Waals surface area contributed by atoms with Gasteiger partial charge in [0.1, 0.15) is 5.82 Å². The first-order chi connectivity index (χ1) is 6.48. The lowest BCUT2D eigenvalue weighted by Crippen LogP contribution is -2.22. The molecule has 0 amide bonds. The van der Waals surface area contributed by atoms with Gasteiger partial charge in [0.25, 0.3) is 0 Å². The number of hydrogen-bond acceptors (Lipinski definition) is 1. The molecular formula is C9H7F4N. The fraction of sp³-hybridized carbons (Fsp3) is 0.333. The third-order valence-electron chi connectivity index (χ3n) is 2.28. The number of fused-ring (bicyclic) bond motifs is 1.